The molecular weight excluding hydrogens is 278 g/mol. The maximum atomic E-state index is 11.8. The van der Waals surface area contributed by atoms with Crippen molar-refractivity contribution in [3.63, 3.8) is 0 Å². The molecule has 1 aliphatic rings. The van der Waals surface area contributed by atoms with Gasteiger partial charge in [0, 0.05) is 25.4 Å². The Morgan fingerprint density at radius 3 is 2.82 bits per heavy atom. The third-order valence-electron chi connectivity index (χ3n) is 4.06. The van der Waals surface area contributed by atoms with E-state index < -0.39 is 0 Å². The minimum absolute atomic E-state index is 0.00372. The second-order valence-corrected chi connectivity index (χ2v) is 5.87. The molecule has 1 aliphatic heterocycles. The van der Waals surface area contributed by atoms with E-state index in [9.17, 15) is 4.79 Å². The molecule has 0 bridgehead atoms. The van der Waals surface area contributed by atoms with Crippen LogP contribution in [0.15, 0.2) is 42.7 Å². The molecule has 5 nitrogen and oxygen atoms in total. The summed E-state index contributed by atoms with van der Waals surface area (Å²) in [5.74, 6) is 0.829. The van der Waals surface area contributed by atoms with E-state index in [1.54, 1.807) is 0 Å². The first kappa shape index (κ1) is 14.8. The van der Waals surface area contributed by atoms with Gasteiger partial charge in [-0.3, -0.25) is 9.69 Å². The highest BCUT2D eigenvalue weighted by atomic mass is 16.6. The summed E-state index contributed by atoms with van der Waals surface area (Å²) in [6.45, 7) is 3.35. The van der Waals surface area contributed by atoms with E-state index in [1.165, 1.54) is 5.56 Å². The van der Waals surface area contributed by atoms with Gasteiger partial charge in [0.05, 0.1) is 6.54 Å². The first-order chi connectivity index (χ1) is 10.6. The first-order valence-electron chi connectivity index (χ1n) is 7.58. The van der Waals surface area contributed by atoms with Crippen molar-refractivity contribution < 1.29 is 9.53 Å². The number of ether oxygens (including phenoxy) is 1. The van der Waals surface area contributed by atoms with Crippen molar-refractivity contribution in [2.45, 2.75) is 38.6 Å². The molecule has 0 spiro atoms. The van der Waals surface area contributed by atoms with Crippen LogP contribution in [-0.2, 0) is 22.6 Å². The number of carbonyl (C=O) groups excluding carboxylic acids is 1. The first-order valence-corrected chi connectivity index (χ1v) is 7.58. The molecule has 1 fully saturated rings. The van der Waals surface area contributed by atoms with Gasteiger partial charge in [-0.1, -0.05) is 30.3 Å². The molecule has 116 valence electrons. The average Bonchev–Trinajstić information content (AvgIpc) is 3.06. The Bertz CT molecular complexity index is 638. The van der Waals surface area contributed by atoms with Crippen molar-refractivity contribution >= 4 is 5.97 Å². The Hall–Kier alpha value is -2.14. The van der Waals surface area contributed by atoms with Crippen LogP contribution in [-0.4, -0.2) is 39.6 Å². The highest BCUT2D eigenvalue weighted by Crippen LogP contribution is 2.20. The Morgan fingerprint density at radius 1 is 1.36 bits per heavy atom. The fourth-order valence-corrected chi connectivity index (χ4v) is 2.84. The van der Waals surface area contributed by atoms with Gasteiger partial charge in [-0.05, 0) is 19.5 Å². The summed E-state index contributed by atoms with van der Waals surface area (Å²) in [6, 6.07) is 10.1. The molecule has 1 aromatic carbocycles. The molecule has 0 amide bonds. The van der Waals surface area contributed by atoms with Gasteiger partial charge >= 0.3 is 5.97 Å². The Labute approximate surface area is 130 Å². The number of nitrogens with zero attached hydrogens (tertiary/aromatic N) is 3. The van der Waals surface area contributed by atoms with E-state index in [0.29, 0.717) is 6.54 Å². The zero-order valence-electron chi connectivity index (χ0n) is 13.0. The van der Waals surface area contributed by atoms with Crippen molar-refractivity contribution in [1.82, 2.24) is 14.5 Å². The smallest absolute Gasteiger partial charge is 0.323 e. The molecule has 2 aromatic rings. The third-order valence-corrected chi connectivity index (χ3v) is 4.06. The highest BCUT2D eigenvalue weighted by Gasteiger charge is 2.35. The van der Waals surface area contributed by atoms with Crippen LogP contribution in [0.3, 0.4) is 0 Å². The van der Waals surface area contributed by atoms with Crippen LogP contribution < -0.4 is 0 Å². The number of benzene rings is 1. The molecule has 1 aromatic heterocycles. The molecule has 0 unspecified atom stereocenters. The summed E-state index contributed by atoms with van der Waals surface area (Å²) in [4.78, 5) is 18.3. The number of imidazole rings is 1. The fourth-order valence-electron chi connectivity index (χ4n) is 2.84. The van der Waals surface area contributed by atoms with Crippen LogP contribution in [0.1, 0.15) is 24.7 Å². The second-order valence-electron chi connectivity index (χ2n) is 5.87. The predicted octanol–water partition coefficient (Wildman–Crippen LogP) is 2.07. The Kier molecular flexibility index (Phi) is 4.24. The molecule has 1 saturated heterocycles. The SMILES string of the molecule is C[C@H]1C[C@H](N(C)Cc2nccn2Cc2ccccc2)C(=O)O1. The van der Waals surface area contributed by atoms with E-state index in [1.807, 2.05) is 49.5 Å². The fraction of sp³-hybridized carbons (Fsp3) is 0.412. The molecule has 2 atom stereocenters. The average molecular weight is 299 g/mol. The normalized spacial score (nSPS) is 21.3. The van der Waals surface area contributed by atoms with Crippen LogP contribution >= 0.6 is 0 Å². The van der Waals surface area contributed by atoms with Gasteiger partial charge in [0.25, 0.3) is 0 Å². The van der Waals surface area contributed by atoms with Gasteiger partial charge in [-0.15, -0.1) is 0 Å². The van der Waals surface area contributed by atoms with Crippen molar-refractivity contribution in [3.05, 3.63) is 54.1 Å². The third kappa shape index (κ3) is 3.20. The summed E-state index contributed by atoms with van der Waals surface area (Å²) < 4.78 is 7.35. The van der Waals surface area contributed by atoms with Gasteiger partial charge in [0.1, 0.15) is 18.0 Å². The number of esters is 1. The zero-order valence-corrected chi connectivity index (χ0v) is 13.0. The number of hydrogen-bond acceptors (Lipinski definition) is 4. The predicted molar refractivity (Wildman–Crippen MR) is 83.2 cm³/mol. The molecular formula is C17H21N3O2. The maximum Gasteiger partial charge on any atom is 0.323 e. The molecule has 0 saturated carbocycles. The lowest BCUT2D eigenvalue weighted by Crippen LogP contribution is -2.35. The van der Waals surface area contributed by atoms with Gasteiger partial charge in [0.15, 0.2) is 0 Å². The summed E-state index contributed by atoms with van der Waals surface area (Å²) in [5.41, 5.74) is 1.23. The largest absolute Gasteiger partial charge is 0.461 e. The number of likely N-dealkylation sites (N-methyl/N-ethyl adjacent to an activating group) is 1. The molecule has 0 aliphatic carbocycles. The molecule has 22 heavy (non-hydrogen) atoms. The minimum Gasteiger partial charge on any atom is -0.461 e. The molecule has 0 radical (unpaired) electrons. The summed E-state index contributed by atoms with van der Waals surface area (Å²) >= 11 is 0. The van der Waals surface area contributed by atoms with Crippen LogP contribution in [0.2, 0.25) is 0 Å². The topological polar surface area (TPSA) is 47.4 Å². The molecule has 3 rings (SSSR count). The lowest BCUT2D eigenvalue weighted by molar-refractivity contribution is -0.144. The number of cyclic esters (lactones) is 1. The molecule has 0 N–H and O–H groups in total. The van der Waals surface area contributed by atoms with E-state index >= 15 is 0 Å². The number of aromatic nitrogens is 2. The number of carbonyl (C=O) groups is 1. The van der Waals surface area contributed by atoms with Gasteiger partial charge < -0.3 is 9.30 Å². The zero-order chi connectivity index (χ0) is 15.5. The van der Waals surface area contributed by atoms with Crippen LogP contribution in [0.5, 0.6) is 0 Å². The van der Waals surface area contributed by atoms with Gasteiger partial charge in [-0.2, -0.15) is 0 Å². The second kappa shape index (κ2) is 6.32. The minimum atomic E-state index is -0.170. The van der Waals surface area contributed by atoms with Gasteiger partial charge in [0.2, 0.25) is 0 Å². The summed E-state index contributed by atoms with van der Waals surface area (Å²) in [7, 11) is 1.95. The summed E-state index contributed by atoms with van der Waals surface area (Å²) in [5, 5.41) is 0. The number of hydrogen-bond donors (Lipinski definition) is 0. The Balaban J connectivity index is 1.68. The number of rotatable bonds is 5. The summed E-state index contributed by atoms with van der Waals surface area (Å²) in [6.07, 6.45) is 4.53. The standard InChI is InChI=1S/C17H21N3O2/c1-13-10-15(17(21)22-13)19(2)12-16-18-8-9-20(16)11-14-6-4-3-5-7-14/h3-9,13,15H,10-12H2,1-2H3/t13-,15-/m0/s1. The van der Waals surface area contributed by atoms with E-state index in [0.717, 1.165) is 18.8 Å². The molecule has 5 heteroatoms. The van der Waals surface area contributed by atoms with Crippen LogP contribution in [0, 0.1) is 0 Å². The van der Waals surface area contributed by atoms with Crippen molar-refractivity contribution in [3.8, 4) is 0 Å². The van der Waals surface area contributed by atoms with E-state index in [2.05, 4.69) is 21.7 Å². The van der Waals surface area contributed by atoms with E-state index in [-0.39, 0.29) is 18.1 Å². The van der Waals surface area contributed by atoms with Crippen LogP contribution in [0.25, 0.3) is 0 Å². The quantitative estimate of drug-likeness (QED) is 0.793. The van der Waals surface area contributed by atoms with Crippen molar-refractivity contribution in [2.75, 3.05) is 7.05 Å². The molecule has 2 heterocycles. The van der Waals surface area contributed by atoms with Crippen molar-refractivity contribution in [2.24, 2.45) is 0 Å². The van der Waals surface area contributed by atoms with Crippen LogP contribution in [0.4, 0.5) is 0 Å². The maximum absolute atomic E-state index is 11.8. The van der Waals surface area contributed by atoms with Gasteiger partial charge in [-0.25, -0.2) is 4.98 Å². The van der Waals surface area contributed by atoms with E-state index in [4.69, 9.17) is 4.74 Å². The highest BCUT2D eigenvalue weighted by molar-refractivity contribution is 5.77. The Morgan fingerprint density at radius 2 is 2.14 bits per heavy atom. The van der Waals surface area contributed by atoms with Crippen molar-refractivity contribution in [1.29, 1.82) is 0 Å². The lowest BCUT2D eigenvalue weighted by atomic mass is 10.1. The monoisotopic (exact) mass is 299 g/mol. The lowest BCUT2D eigenvalue weighted by Gasteiger charge is -2.21.